The van der Waals surface area contributed by atoms with Gasteiger partial charge in [0.25, 0.3) is 0 Å². The number of halogens is 3. The summed E-state index contributed by atoms with van der Waals surface area (Å²) in [5.41, 5.74) is -1.48. The predicted octanol–water partition coefficient (Wildman–Crippen LogP) is 2.99. The molecule has 1 atom stereocenters. The molecule has 1 rings (SSSR count). The van der Waals surface area contributed by atoms with Gasteiger partial charge in [-0.15, -0.1) is 0 Å². The third-order valence-corrected chi connectivity index (χ3v) is 2.89. The summed E-state index contributed by atoms with van der Waals surface area (Å²) < 4.78 is 47.8. The van der Waals surface area contributed by atoms with Gasteiger partial charge in [-0.3, -0.25) is 4.79 Å². The second kappa shape index (κ2) is 8.19. The molecule has 0 fully saturated rings. The van der Waals surface area contributed by atoms with Crippen molar-refractivity contribution in [1.82, 2.24) is 10.6 Å². The number of alkyl carbamates (subject to hydrolysis) is 1. The van der Waals surface area contributed by atoms with Crippen LogP contribution in [-0.4, -0.2) is 31.4 Å². The van der Waals surface area contributed by atoms with Crippen LogP contribution >= 0.6 is 0 Å². The van der Waals surface area contributed by atoms with E-state index in [1.165, 1.54) is 7.11 Å². The number of rotatable bonds is 5. The number of carbonyl (C=O) groups is 2. The van der Waals surface area contributed by atoms with E-state index in [-0.39, 0.29) is 12.3 Å². The molecule has 0 aromatic heterocycles. The van der Waals surface area contributed by atoms with Crippen LogP contribution in [0.4, 0.5) is 18.0 Å². The van der Waals surface area contributed by atoms with E-state index >= 15 is 0 Å². The van der Waals surface area contributed by atoms with Crippen molar-refractivity contribution in [2.75, 3.05) is 13.8 Å². The minimum absolute atomic E-state index is 0.119. The Morgan fingerprint density at radius 1 is 1.12 bits per heavy atom. The number of methoxy groups -OCH3 is 1. The molecule has 6 nitrogen and oxygen atoms in total. The summed E-state index contributed by atoms with van der Waals surface area (Å²) in [6.45, 7) is 4.81. The van der Waals surface area contributed by atoms with E-state index in [4.69, 9.17) is 9.47 Å². The second-order valence-corrected chi connectivity index (χ2v) is 6.17. The molecule has 1 aromatic carbocycles. The summed E-state index contributed by atoms with van der Waals surface area (Å²) in [4.78, 5) is 24.1. The number of carbonyl (C=O) groups excluding carboxylic acids is 2. The van der Waals surface area contributed by atoms with Crippen LogP contribution in [0.1, 0.15) is 37.9 Å². The fourth-order valence-corrected chi connectivity index (χ4v) is 1.84. The number of ether oxygens (including phenoxy) is 2. The van der Waals surface area contributed by atoms with Crippen LogP contribution in [0.25, 0.3) is 0 Å². The van der Waals surface area contributed by atoms with Crippen LogP contribution in [0.15, 0.2) is 24.3 Å². The van der Waals surface area contributed by atoms with E-state index in [1.807, 2.05) is 0 Å². The molecule has 0 saturated heterocycles. The largest absolute Gasteiger partial charge is 0.444 e. The van der Waals surface area contributed by atoms with E-state index in [0.717, 1.165) is 24.3 Å². The Hall–Kier alpha value is -2.29. The molecule has 1 aromatic rings. The van der Waals surface area contributed by atoms with Crippen molar-refractivity contribution in [1.29, 1.82) is 0 Å². The molecule has 0 saturated carbocycles. The van der Waals surface area contributed by atoms with Crippen molar-refractivity contribution in [3.8, 4) is 0 Å². The maximum atomic E-state index is 12.7. The minimum Gasteiger partial charge on any atom is -0.444 e. The fraction of sp³-hybridized carbons (Fsp3) is 0.500. The minimum atomic E-state index is -4.50. The molecule has 0 radical (unpaired) electrons. The Kier molecular flexibility index (Phi) is 6.80. The Morgan fingerprint density at radius 2 is 1.68 bits per heavy atom. The zero-order valence-corrected chi connectivity index (χ0v) is 14.4. The van der Waals surface area contributed by atoms with E-state index in [2.05, 4.69) is 10.6 Å². The Bertz CT molecular complexity index is 595. The van der Waals surface area contributed by atoms with Crippen molar-refractivity contribution >= 4 is 12.0 Å². The number of nitrogens with one attached hydrogen (secondary N) is 2. The number of alkyl halides is 3. The molecule has 9 heteroatoms. The first-order chi connectivity index (χ1) is 11.4. The highest BCUT2D eigenvalue weighted by atomic mass is 19.4. The predicted molar refractivity (Wildman–Crippen MR) is 83.6 cm³/mol. The maximum Gasteiger partial charge on any atom is 0.416 e. The van der Waals surface area contributed by atoms with Crippen molar-refractivity contribution in [2.24, 2.45) is 0 Å². The topological polar surface area (TPSA) is 76.7 Å². The van der Waals surface area contributed by atoms with Gasteiger partial charge in [0.1, 0.15) is 18.4 Å². The fourth-order valence-electron chi connectivity index (χ4n) is 1.84. The molecule has 0 aliphatic heterocycles. The summed E-state index contributed by atoms with van der Waals surface area (Å²) in [7, 11) is 1.36. The van der Waals surface area contributed by atoms with E-state index in [1.54, 1.807) is 20.8 Å². The molecular weight excluding hydrogens is 341 g/mol. The van der Waals surface area contributed by atoms with Crippen molar-refractivity contribution in [3.05, 3.63) is 35.4 Å². The van der Waals surface area contributed by atoms with Crippen LogP contribution in [-0.2, 0) is 20.4 Å². The molecule has 0 heterocycles. The zero-order valence-electron chi connectivity index (χ0n) is 14.4. The lowest BCUT2D eigenvalue weighted by Gasteiger charge is -2.23. The van der Waals surface area contributed by atoms with Gasteiger partial charge in [-0.1, -0.05) is 12.1 Å². The normalized spacial score (nSPS) is 13.1. The van der Waals surface area contributed by atoms with Gasteiger partial charge in [-0.2, -0.15) is 13.2 Å². The quantitative estimate of drug-likeness (QED) is 0.790. The van der Waals surface area contributed by atoms with Crippen molar-refractivity contribution in [2.45, 2.75) is 38.6 Å². The van der Waals surface area contributed by atoms with Gasteiger partial charge in [0.2, 0.25) is 5.91 Å². The van der Waals surface area contributed by atoms with E-state index < -0.39 is 35.4 Å². The van der Waals surface area contributed by atoms with Gasteiger partial charge < -0.3 is 20.1 Å². The van der Waals surface area contributed by atoms with Gasteiger partial charge in [0.05, 0.1) is 5.56 Å². The third kappa shape index (κ3) is 7.00. The highest BCUT2D eigenvalue weighted by Gasteiger charge is 2.31. The van der Waals surface area contributed by atoms with E-state index in [9.17, 15) is 22.8 Å². The first-order valence-electron chi connectivity index (χ1n) is 7.37. The molecule has 0 spiro atoms. The molecule has 0 bridgehead atoms. The molecule has 140 valence electrons. The lowest BCUT2D eigenvalue weighted by atomic mass is 10.0. The lowest BCUT2D eigenvalue weighted by Crippen LogP contribution is -2.43. The SMILES string of the molecule is COCNC(=O)C(NC(=O)OC(C)(C)C)c1ccc(C(F)(F)F)cc1. The van der Waals surface area contributed by atoms with Crippen LogP contribution in [0.3, 0.4) is 0 Å². The summed E-state index contributed by atoms with van der Waals surface area (Å²) in [5, 5.41) is 4.74. The number of benzene rings is 1. The first-order valence-corrected chi connectivity index (χ1v) is 7.37. The van der Waals surface area contributed by atoms with Crippen LogP contribution in [0, 0.1) is 0 Å². The average Bonchev–Trinajstić information content (AvgIpc) is 2.48. The molecule has 2 amide bonds. The van der Waals surface area contributed by atoms with Crippen LogP contribution < -0.4 is 10.6 Å². The lowest BCUT2D eigenvalue weighted by molar-refractivity contribution is -0.137. The zero-order chi connectivity index (χ0) is 19.3. The summed E-state index contributed by atoms with van der Waals surface area (Å²) in [6, 6.07) is 2.69. The Morgan fingerprint density at radius 3 is 2.12 bits per heavy atom. The highest BCUT2D eigenvalue weighted by Crippen LogP contribution is 2.30. The van der Waals surface area contributed by atoms with Crippen LogP contribution in [0.5, 0.6) is 0 Å². The molecule has 2 N–H and O–H groups in total. The van der Waals surface area contributed by atoms with Crippen molar-refractivity contribution in [3.63, 3.8) is 0 Å². The molecule has 0 aliphatic carbocycles. The molecule has 25 heavy (non-hydrogen) atoms. The first kappa shape index (κ1) is 20.8. The van der Waals surface area contributed by atoms with Crippen LogP contribution in [0.2, 0.25) is 0 Å². The number of hydrogen-bond donors (Lipinski definition) is 2. The smallest absolute Gasteiger partial charge is 0.416 e. The Labute approximate surface area is 143 Å². The summed E-state index contributed by atoms with van der Waals surface area (Å²) in [6.07, 6.45) is -5.37. The van der Waals surface area contributed by atoms with Gasteiger partial charge in [0.15, 0.2) is 0 Å². The maximum absolute atomic E-state index is 12.7. The molecule has 1 unspecified atom stereocenters. The Balaban J connectivity index is 3.01. The van der Waals surface area contributed by atoms with Gasteiger partial charge in [-0.05, 0) is 38.5 Å². The third-order valence-electron chi connectivity index (χ3n) is 2.89. The average molecular weight is 362 g/mol. The van der Waals surface area contributed by atoms with Gasteiger partial charge >= 0.3 is 12.3 Å². The summed E-state index contributed by atoms with van der Waals surface area (Å²) in [5.74, 6) is -0.646. The van der Waals surface area contributed by atoms with E-state index in [0.29, 0.717) is 0 Å². The standard InChI is InChI=1S/C16H21F3N2O4/c1-15(2,3)25-14(23)21-12(13(22)20-9-24-4)10-5-7-11(8-6-10)16(17,18)19/h5-8,12H,9H2,1-4H3,(H,20,22)(H,21,23). The summed E-state index contributed by atoms with van der Waals surface area (Å²) >= 11 is 0. The van der Waals surface area contributed by atoms with Gasteiger partial charge in [0, 0.05) is 7.11 Å². The second-order valence-electron chi connectivity index (χ2n) is 6.17. The van der Waals surface area contributed by atoms with Gasteiger partial charge in [-0.25, -0.2) is 4.79 Å². The number of hydrogen-bond acceptors (Lipinski definition) is 4. The molecule has 0 aliphatic rings. The number of amides is 2. The molecular formula is C16H21F3N2O4. The highest BCUT2D eigenvalue weighted by molar-refractivity contribution is 5.86. The van der Waals surface area contributed by atoms with Crippen molar-refractivity contribution < 1.29 is 32.2 Å². The monoisotopic (exact) mass is 362 g/mol.